The Kier molecular flexibility index (Phi) is 2.30. The van der Waals surface area contributed by atoms with Gasteiger partial charge in [-0.15, -0.1) is 0 Å². The Bertz CT molecular complexity index is 688. The maximum Gasteiger partial charge on any atom is 0.137 e. The quantitative estimate of drug-likeness (QED) is 0.731. The summed E-state index contributed by atoms with van der Waals surface area (Å²) in [6, 6.07) is 8.53. The van der Waals surface area contributed by atoms with Gasteiger partial charge in [0.25, 0.3) is 0 Å². The predicted molar refractivity (Wildman–Crippen MR) is 65.4 cm³/mol. The number of halogens is 1. The van der Waals surface area contributed by atoms with Crippen molar-refractivity contribution in [1.29, 1.82) is 0 Å². The molecule has 3 nitrogen and oxygen atoms in total. The first kappa shape index (κ1) is 10.2. The van der Waals surface area contributed by atoms with E-state index >= 15 is 0 Å². The van der Waals surface area contributed by atoms with E-state index in [0.29, 0.717) is 6.54 Å². The normalized spacial score (nSPS) is 11.4. The minimum absolute atomic E-state index is 0.223. The maximum absolute atomic E-state index is 13.1. The monoisotopic (exact) mass is 229 g/mol. The third-order valence-corrected chi connectivity index (χ3v) is 2.84. The molecule has 2 heterocycles. The molecule has 3 rings (SSSR count). The molecule has 0 radical (unpaired) electrons. The summed E-state index contributed by atoms with van der Waals surface area (Å²) in [4.78, 5) is 4.46. The lowest BCUT2D eigenvalue weighted by Gasteiger charge is -2.01. The van der Waals surface area contributed by atoms with Gasteiger partial charge in [0.2, 0.25) is 0 Å². The Labute approximate surface area is 97.7 Å². The van der Waals surface area contributed by atoms with Crippen LogP contribution in [0.3, 0.4) is 0 Å². The largest absolute Gasteiger partial charge is 0.330 e. The van der Waals surface area contributed by atoms with Gasteiger partial charge in [0, 0.05) is 18.0 Å². The van der Waals surface area contributed by atoms with Crippen LogP contribution in [-0.4, -0.2) is 15.9 Å². The minimum atomic E-state index is -0.223. The van der Waals surface area contributed by atoms with Crippen molar-refractivity contribution in [1.82, 2.24) is 9.38 Å². The van der Waals surface area contributed by atoms with Crippen LogP contribution in [0.25, 0.3) is 16.6 Å². The van der Waals surface area contributed by atoms with Gasteiger partial charge in [-0.25, -0.2) is 9.37 Å². The number of fused-ring (bicyclic) bond motifs is 3. The number of nitrogens with zero attached hydrogens (tertiary/aromatic N) is 2. The SMILES string of the molecule is NCCc1cn2c(ccc3cc(F)ccc32)n1. The lowest BCUT2D eigenvalue weighted by Crippen LogP contribution is -2.02. The van der Waals surface area contributed by atoms with Gasteiger partial charge < -0.3 is 5.73 Å². The lowest BCUT2D eigenvalue weighted by atomic mass is 10.2. The second-order valence-electron chi connectivity index (χ2n) is 4.04. The first-order chi connectivity index (χ1) is 8.28. The van der Waals surface area contributed by atoms with Crippen molar-refractivity contribution in [2.24, 2.45) is 5.73 Å². The van der Waals surface area contributed by atoms with Crippen LogP contribution < -0.4 is 5.73 Å². The number of aromatic nitrogens is 2. The fourth-order valence-corrected chi connectivity index (χ4v) is 2.07. The Morgan fingerprint density at radius 3 is 2.94 bits per heavy atom. The molecule has 0 amide bonds. The minimum Gasteiger partial charge on any atom is -0.330 e. The van der Waals surface area contributed by atoms with Gasteiger partial charge >= 0.3 is 0 Å². The second kappa shape index (κ2) is 3.82. The zero-order valence-corrected chi connectivity index (χ0v) is 9.23. The van der Waals surface area contributed by atoms with Crippen LogP contribution in [0.15, 0.2) is 36.5 Å². The number of hydrogen-bond donors (Lipinski definition) is 1. The van der Waals surface area contributed by atoms with E-state index in [1.165, 1.54) is 12.1 Å². The molecule has 86 valence electrons. The van der Waals surface area contributed by atoms with Gasteiger partial charge in [0.05, 0.1) is 11.2 Å². The van der Waals surface area contributed by atoms with Crippen LogP contribution in [0.5, 0.6) is 0 Å². The molecule has 2 aromatic heterocycles. The number of rotatable bonds is 2. The van der Waals surface area contributed by atoms with E-state index in [-0.39, 0.29) is 5.82 Å². The van der Waals surface area contributed by atoms with Crippen LogP contribution in [0.2, 0.25) is 0 Å². The third-order valence-electron chi connectivity index (χ3n) is 2.84. The van der Waals surface area contributed by atoms with E-state index in [4.69, 9.17) is 5.73 Å². The number of benzene rings is 1. The molecule has 0 fully saturated rings. The van der Waals surface area contributed by atoms with E-state index < -0.39 is 0 Å². The summed E-state index contributed by atoms with van der Waals surface area (Å²) in [7, 11) is 0. The highest BCUT2D eigenvalue weighted by atomic mass is 19.1. The smallest absolute Gasteiger partial charge is 0.137 e. The van der Waals surface area contributed by atoms with Crippen molar-refractivity contribution in [2.45, 2.75) is 6.42 Å². The van der Waals surface area contributed by atoms with Crippen LogP contribution in [0, 0.1) is 5.82 Å². The zero-order valence-electron chi connectivity index (χ0n) is 9.23. The molecular formula is C13H12FN3. The molecule has 3 aromatic rings. The summed E-state index contributed by atoms with van der Waals surface area (Å²) in [6.07, 6.45) is 2.72. The van der Waals surface area contributed by atoms with E-state index in [1.54, 1.807) is 6.07 Å². The van der Waals surface area contributed by atoms with Gasteiger partial charge in [0.1, 0.15) is 11.5 Å². The lowest BCUT2D eigenvalue weighted by molar-refractivity contribution is 0.629. The molecule has 0 aliphatic heterocycles. The highest BCUT2D eigenvalue weighted by Gasteiger charge is 2.05. The molecule has 4 heteroatoms. The molecule has 1 aromatic carbocycles. The third kappa shape index (κ3) is 1.66. The van der Waals surface area contributed by atoms with Crippen molar-refractivity contribution in [3.63, 3.8) is 0 Å². The van der Waals surface area contributed by atoms with Crippen molar-refractivity contribution in [2.75, 3.05) is 6.54 Å². The molecule has 2 N–H and O–H groups in total. The van der Waals surface area contributed by atoms with Crippen molar-refractivity contribution in [3.8, 4) is 0 Å². The van der Waals surface area contributed by atoms with Crippen molar-refractivity contribution in [3.05, 3.63) is 48.0 Å². The molecule has 0 aliphatic rings. The predicted octanol–water partition coefficient (Wildman–Crippen LogP) is 2.13. The zero-order chi connectivity index (χ0) is 11.8. The first-order valence-corrected chi connectivity index (χ1v) is 5.54. The van der Waals surface area contributed by atoms with Crippen LogP contribution in [-0.2, 0) is 6.42 Å². The van der Waals surface area contributed by atoms with Gasteiger partial charge in [-0.3, -0.25) is 4.40 Å². The Balaban J connectivity index is 2.31. The number of pyridine rings is 1. The molecule has 0 spiro atoms. The molecule has 0 saturated heterocycles. The summed E-state index contributed by atoms with van der Waals surface area (Å²) < 4.78 is 15.1. The topological polar surface area (TPSA) is 43.3 Å². The maximum atomic E-state index is 13.1. The molecule has 0 bridgehead atoms. The van der Waals surface area contributed by atoms with Gasteiger partial charge in [0.15, 0.2) is 0 Å². The fourth-order valence-electron chi connectivity index (χ4n) is 2.07. The first-order valence-electron chi connectivity index (χ1n) is 5.54. The number of imidazole rings is 1. The van der Waals surface area contributed by atoms with Crippen molar-refractivity contribution < 1.29 is 4.39 Å². The molecule has 0 atom stereocenters. The Morgan fingerprint density at radius 2 is 2.12 bits per heavy atom. The van der Waals surface area contributed by atoms with E-state index in [9.17, 15) is 4.39 Å². The van der Waals surface area contributed by atoms with Crippen LogP contribution in [0.1, 0.15) is 5.69 Å². The highest BCUT2D eigenvalue weighted by Crippen LogP contribution is 2.18. The summed E-state index contributed by atoms with van der Waals surface area (Å²) >= 11 is 0. The summed E-state index contributed by atoms with van der Waals surface area (Å²) in [5.74, 6) is -0.223. The van der Waals surface area contributed by atoms with Gasteiger partial charge in [-0.2, -0.15) is 0 Å². The van der Waals surface area contributed by atoms with E-state index in [1.807, 2.05) is 22.7 Å². The molecule has 0 unspecified atom stereocenters. The fraction of sp³-hybridized carbons (Fsp3) is 0.154. The highest BCUT2D eigenvalue weighted by molar-refractivity contribution is 5.82. The Morgan fingerprint density at radius 1 is 1.24 bits per heavy atom. The summed E-state index contributed by atoms with van der Waals surface area (Å²) in [6.45, 7) is 0.580. The average Bonchev–Trinajstić information content (AvgIpc) is 2.72. The van der Waals surface area contributed by atoms with Gasteiger partial charge in [-0.05, 0) is 36.9 Å². The van der Waals surface area contributed by atoms with Crippen LogP contribution >= 0.6 is 0 Å². The summed E-state index contributed by atoms with van der Waals surface area (Å²) in [5.41, 5.74) is 8.30. The molecule has 0 aliphatic carbocycles. The van der Waals surface area contributed by atoms with E-state index in [2.05, 4.69) is 4.98 Å². The van der Waals surface area contributed by atoms with Crippen LogP contribution in [0.4, 0.5) is 4.39 Å². The van der Waals surface area contributed by atoms with E-state index in [0.717, 1.165) is 28.7 Å². The van der Waals surface area contributed by atoms with Gasteiger partial charge in [-0.1, -0.05) is 0 Å². The molecular weight excluding hydrogens is 217 g/mol. The van der Waals surface area contributed by atoms with Crippen molar-refractivity contribution >= 4 is 16.6 Å². The molecule has 0 saturated carbocycles. The average molecular weight is 229 g/mol. The second-order valence-corrected chi connectivity index (χ2v) is 4.04. The summed E-state index contributed by atoms with van der Waals surface area (Å²) in [5, 5.41) is 0.870. The number of nitrogens with two attached hydrogens (primary N) is 1. The Hall–Kier alpha value is -1.94. The molecule has 17 heavy (non-hydrogen) atoms. The standard InChI is InChI=1S/C13H12FN3/c14-10-2-3-12-9(7-10)1-4-13-16-11(5-6-15)8-17(12)13/h1-4,7-8H,5-6,15H2. The number of hydrogen-bond acceptors (Lipinski definition) is 2.